The Bertz CT molecular complexity index is 393. The summed E-state index contributed by atoms with van der Waals surface area (Å²) in [4.78, 5) is 23.2. The van der Waals surface area contributed by atoms with Crippen molar-refractivity contribution in [2.24, 2.45) is 17.3 Å². The van der Waals surface area contributed by atoms with Gasteiger partial charge >= 0.3 is 12.0 Å². The maximum absolute atomic E-state index is 11.9. The van der Waals surface area contributed by atoms with Gasteiger partial charge in [0.15, 0.2) is 0 Å². The summed E-state index contributed by atoms with van der Waals surface area (Å²) in [5.74, 6) is -1.00. The van der Waals surface area contributed by atoms with Gasteiger partial charge in [-0.2, -0.15) is 0 Å². The van der Waals surface area contributed by atoms with Crippen LogP contribution in [0.15, 0.2) is 12.7 Å². The summed E-state index contributed by atoms with van der Waals surface area (Å²) in [5, 5.41) is 15.0. The van der Waals surface area contributed by atoms with E-state index in [0.717, 1.165) is 0 Å². The Hall–Kier alpha value is -1.52. The Morgan fingerprint density at radius 3 is 2.50 bits per heavy atom. The molecule has 0 bridgehead atoms. The van der Waals surface area contributed by atoms with Crippen LogP contribution in [-0.2, 0) is 4.79 Å². The van der Waals surface area contributed by atoms with Crippen LogP contribution in [0.4, 0.5) is 4.79 Å². The van der Waals surface area contributed by atoms with Gasteiger partial charge in [0, 0.05) is 12.1 Å². The third-order valence-corrected chi connectivity index (χ3v) is 4.77. The van der Waals surface area contributed by atoms with Crippen LogP contribution in [0.3, 0.4) is 0 Å². The molecule has 0 aliphatic heterocycles. The number of carboxylic acid groups (broad SMARTS) is 1. The summed E-state index contributed by atoms with van der Waals surface area (Å²) in [7, 11) is 0. The van der Waals surface area contributed by atoms with Crippen molar-refractivity contribution in [1.82, 2.24) is 10.6 Å². The monoisotopic (exact) mass is 282 g/mol. The maximum atomic E-state index is 11.9. The number of amides is 2. The highest BCUT2D eigenvalue weighted by Crippen LogP contribution is 2.45. The zero-order valence-corrected chi connectivity index (χ0v) is 12.8. The number of rotatable bonds is 4. The topological polar surface area (TPSA) is 78.4 Å². The number of nitrogens with one attached hydrogen (secondary N) is 2. The highest BCUT2D eigenvalue weighted by molar-refractivity contribution is 5.75. The molecule has 4 unspecified atom stereocenters. The summed E-state index contributed by atoms with van der Waals surface area (Å²) in [6, 6.07) is -0.315. The maximum Gasteiger partial charge on any atom is 0.315 e. The number of carbonyl (C=O) groups is 2. The van der Waals surface area contributed by atoms with Gasteiger partial charge in [-0.3, -0.25) is 4.79 Å². The SMILES string of the molecule is C=CC(C)NC(=O)NC1CCC(C(=O)O)C(C)(C)C1C. The number of hydrogen-bond acceptors (Lipinski definition) is 2. The minimum absolute atomic E-state index is 0.00221. The molecular formula is C15H26N2O3. The van der Waals surface area contributed by atoms with Crippen LogP contribution in [0.1, 0.15) is 40.5 Å². The third-order valence-electron chi connectivity index (χ3n) is 4.77. The van der Waals surface area contributed by atoms with Gasteiger partial charge in [0.05, 0.1) is 5.92 Å². The number of carbonyl (C=O) groups excluding carboxylic acids is 1. The first-order valence-corrected chi connectivity index (χ1v) is 7.12. The minimum Gasteiger partial charge on any atom is -0.481 e. The molecule has 0 heterocycles. The lowest BCUT2D eigenvalue weighted by Gasteiger charge is -2.46. The fourth-order valence-electron chi connectivity index (χ4n) is 2.92. The fraction of sp³-hybridized carbons (Fsp3) is 0.733. The first kappa shape index (κ1) is 16.5. The zero-order valence-electron chi connectivity index (χ0n) is 12.8. The quantitative estimate of drug-likeness (QED) is 0.693. The minimum atomic E-state index is -0.745. The lowest BCUT2D eigenvalue weighted by Crippen LogP contribution is -2.54. The van der Waals surface area contributed by atoms with Crippen LogP contribution >= 0.6 is 0 Å². The fourth-order valence-corrected chi connectivity index (χ4v) is 2.92. The normalized spacial score (nSPS) is 30.1. The Balaban J connectivity index is 2.68. The van der Waals surface area contributed by atoms with E-state index in [1.54, 1.807) is 6.08 Å². The van der Waals surface area contributed by atoms with Crippen LogP contribution in [0.25, 0.3) is 0 Å². The summed E-state index contributed by atoms with van der Waals surface area (Å²) in [6.07, 6.45) is 2.94. The second-order valence-electron chi connectivity index (χ2n) is 6.33. The molecule has 5 heteroatoms. The van der Waals surface area contributed by atoms with E-state index in [4.69, 9.17) is 0 Å². The third kappa shape index (κ3) is 3.52. The molecule has 1 rings (SSSR count). The lowest BCUT2D eigenvalue weighted by atomic mass is 9.61. The number of carboxylic acids is 1. The van der Waals surface area contributed by atoms with Gasteiger partial charge in [-0.15, -0.1) is 6.58 Å². The molecule has 0 spiro atoms. The molecule has 0 radical (unpaired) electrons. The van der Waals surface area contributed by atoms with Crippen LogP contribution in [0.5, 0.6) is 0 Å². The molecule has 0 aromatic rings. The van der Waals surface area contributed by atoms with E-state index < -0.39 is 5.97 Å². The van der Waals surface area contributed by atoms with E-state index in [1.807, 2.05) is 27.7 Å². The summed E-state index contributed by atoms with van der Waals surface area (Å²) in [5.41, 5.74) is -0.341. The van der Waals surface area contributed by atoms with Crippen LogP contribution in [0, 0.1) is 17.3 Å². The molecule has 0 aromatic carbocycles. The predicted octanol–water partition coefficient (Wildman–Crippen LogP) is 2.39. The Kier molecular flexibility index (Phi) is 5.20. The van der Waals surface area contributed by atoms with Crippen molar-refractivity contribution in [3.63, 3.8) is 0 Å². The number of aliphatic carboxylic acids is 1. The van der Waals surface area contributed by atoms with Crippen LogP contribution in [-0.4, -0.2) is 29.2 Å². The molecule has 0 saturated heterocycles. The van der Waals surface area contributed by atoms with Gasteiger partial charge < -0.3 is 15.7 Å². The Morgan fingerprint density at radius 2 is 2.00 bits per heavy atom. The van der Waals surface area contributed by atoms with Crippen molar-refractivity contribution in [3.8, 4) is 0 Å². The molecular weight excluding hydrogens is 256 g/mol. The van der Waals surface area contributed by atoms with E-state index in [0.29, 0.717) is 12.8 Å². The Morgan fingerprint density at radius 1 is 1.40 bits per heavy atom. The number of hydrogen-bond donors (Lipinski definition) is 3. The number of urea groups is 1. The first-order valence-electron chi connectivity index (χ1n) is 7.12. The average Bonchev–Trinajstić information content (AvgIpc) is 2.34. The molecule has 0 aromatic heterocycles. The standard InChI is InChI=1S/C15H26N2O3/c1-6-9(2)16-14(20)17-12-8-7-11(13(18)19)15(4,5)10(12)3/h6,9-12H,1,7-8H2,2-5H3,(H,18,19)(H2,16,17,20). The molecule has 1 fully saturated rings. The van der Waals surface area contributed by atoms with Crippen molar-refractivity contribution in [1.29, 1.82) is 0 Å². The van der Waals surface area contributed by atoms with Crippen molar-refractivity contribution >= 4 is 12.0 Å². The largest absolute Gasteiger partial charge is 0.481 e. The molecule has 20 heavy (non-hydrogen) atoms. The van der Waals surface area contributed by atoms with Crippen molar-refractivity contribution in [2.45, 2.75) is 52.6 Å². The molecule has 114 valence electrons. The van der Waals surface area contributed by atoms with E-state index in [9.17, 15) is 14.7 Å². The molecule has 1 aliphatic carbocycles. The second kappa shape index (κ2) is 6.29. The van der Waals surface area contributed by atoms with Gasteiger partial charge in [0.1, 0.15) is 0 Å². The van der Waals surface area contributed by atoms with Gasteiger partial charge in [-0.05, 0) is 31.1 Å². The molecule has 4 atom stereocenters. The summed E-state index contributed by atoms with van der Waals surface area (Å²) >= 11 is 0. The van der Waals surface area contributed by atoms with Gasteiger partial charge in [-0.1, -0.05) is 26.8 Å². The van der Waals surface area contributed by atoms with E-state index in [2.05, 4.69) is 17.2 Å². The van der Waals surface area contributed by atoms with Crippen LogP contribution in [0.2, 0.25) is 0 Å². The van der Waals surface area contributed by atoms with Gasteiger partial charge in [0.25, 0.3) is 0 Å². The average molecular weight is 282 g/mol. The zero-order chi connectivity index (χ0) is 15.5. The summed E-state index contributed by atoms with van der Waals surface area (Å²) in [6.45, 7) is 11.4. The molecule has 2 amide bonds. The van der Waals surface area contributed by atoms with E-state index in [1.165, 1.54) is 0 Å². The summed E-state index contributed by atoms with van der Waals surface area (Å²) < 4.78 is 0. The van der Waals surface area contributed by atoms with Gasteiger partial charge in [-0.25, -0.2) is 4.79 Å². The van der Waals surface area contributed by atoms with Gasteiger partial charge in [0.2, 0.25) is 0 Å². The molecule has 3 N–H and O–H groups in total. The van der Waals surface area contributed by atoms with Crippen molar-refractivity contribution < 1.29 is 14.7 Å². The molecule has 5 nitrogen and oxygen atoms in total. The second-order valence-corrected chi connectivity index (χ2v) is 6.33. The first-order chi connectivity index (χ1) is 9.20. The highest BCUT2D eigenvalue weighted by atomic mass is 16.4. The van der Waals surface area contributed by atoms with E-state index >= 15 is 0 Å². The Labute approximate surface area is 120 Å². The highest BCUT2D eigenvalue weighted by Gasteiger charge is 2.46. The van der Waals surface area contributed by atoms with Crippen molar-refractivity contribution in [2.75, 3.05) is 0 Å². The smallest absolute Gasteiger partial charge is 0.315 e. The lowest BCUT2D eigenvalue weighted by molar-refractivity contribution is -0.150. The van der Waals surface area contributed by atoms with Crippen LogP contribution < -0.4 is 10.6 Å². The molecule has 1 saturated carbocycles. The molecule has 1 aliphatic rings. The predicted molar refractivity (Wildman–Crippen MR) is 78.4 cm³/mol. The van der Waals surface area contributed by atoms with Crippen molar-refractivity contribution in [3.05, 3.63) is 12.7 Å². The van der Waals surface area contributed by atoms with E-state index in [-0.39, 0.29) is 35.4 Å².